The number of benzene rings is 2. The van der Waals surface area contributed by atoms with Gasteiger partial charge >= 0.3 is 5.97 Å². The molecule has 1 heterocycles. The number of esters is 1. The minimum Gasteiger partial charge on any atom is -0.452 e. The van der Waals surface area contributed by atoms with Gasteiger partial charge in [0.2, 0.25) is 0 Å². The topological polar surface area (TPSA) is 59.5 Å². The van der Waals surface area contributed by atoms with Gasteiger partial charge in [0, 0.05) is 29.1 Å². The van der Waals surface area contributed by atoms with Gasteiger partial charge in [-0.2, -0.15) is 0 Å². The number of ether oxygens (including phenoxy) is 1. The summed E-state index contributed by atoms with van der Waals surface area (Å²) in [5.41, 5.74) is 3.31. The number of hydrogen-bond donors (Lipinski definition) is 0. The molecule has 166 valence electrons. The van der Waals surface area contributed by atoms with Gasteiger partial charge in [0.15, 0.2) is 6.61 Å². The van der Waals surface area contributed by atoms with E-state index in [2.05, 4.69) is 0 Å². The zero-order valence-electron chi connectivity index (χ0n) is 18.4. The van der Waals surface area contributed by atoms with Crippen LogP contribution in [-0.2, 0) is 9.53 Å². The quantitative estimate of drug-likeness (QED) is 0.460. The van der Waals surface area contributed by atoms with Crippen molar-refractivity contribution in [2.75, 3.05) is 13.7 Å². The molecule has 5 nitrogen and oxygen atoms in total. The van der Waals surface area contributed by atoms with E-state index in [-0.39, 0.29) is 18.6 Å². The normalized spacial score (nSPS) is 14.3. The second-order valence-corrected chi connectivity index (χ2v) is 8.80. The molecule has 0 unspecified atom stereocenters. The summed E-state index contributed by atoms with van der Waals surface area (Å²) >= 11 is 6.18. The SMILES string of the molecule is Cc1c(-c2cccc(Cl)c2)nc2ccccc2c1C(=O)OCC(=O)N(C)C1CCCCC1. The average Bonchev–Trinajstić information content (AvgIpc) is 2.82. The Labute approximate surface area is 193 Å². The van der Waals surface area contributed by atoms with Gasteiger partial charge < -0.3 is 9.64 Å². The molecule has 0 N–H and O–H groups in total. The van der Waals surface area contributed by atoms with Gasteiger partial charge in [0.1, 0.15) is 0 Å². The predicted molar refractivity (Wildman–Crippen MR) is 127 cm³/mol. The number of fused-ring (bicyclic) bond motifs is 1. The van der Waals surface area contributed by atoms with E-state index in [1.807, 2.05) is 49.4 Å². The van der Waals surface area contributed by atoms with E-state index in [4.69, 9.17) is 21.3 Å². The lowest BCUT2D eigenvalue weighted by Gasteiger charge is -2.31. The summed E-state index contributed by atoms with van der Waals surface area (Å²) in [5.74, 6) is -0.689. The van der Waals surface area contributed by atoms with Gasteiger partial charge in [-0.25, -0.2) is 9.78 Å². The Morgan fingerprint density at radius 1 is 1.09 bits per heavy atom. The molecule has 32 heavy (non-hydrogen) atoms. The first-order valence-electron chi connectivity index (χ1n) is 11.0. The van der Waals surface area contributed by atoms with Crippen molar-refractivity contribution in [3.63, 3.8) is 0 Å². The lowest BCUT2D eigenvalue weighted by atomic mass is 9.94. The Bertz CT molecular complexity index is 1160. The molecule has 6 heteroatoms. The van der Waals surface area contributed by atoms with E-state index >= 15 is 0 Å². The summed E-state index contributed by atoms with van der Waals surface area (Å²) in [6, 6.07) is 15.1. The molecule has 3 aromatic rings. The third-order valence-electron chi connectivity index (χ3n) is 6.28. The first-order chi connectivity index (χ1) is 15.5. The molecule has 1 amide bonds. The minimum absolute atomic E-state index is 0.170. The second-order valence-electron chi connectivity index (χ2n) is 8.36. The average molecular weight is 451 g/mol. The van der Waals surface area contributed by atoms with E-state index < -0.39 is 5.97 Å². The summed E-state index contributed by atoms with van der Waals surface area (Å²) in [4.78, 5) is 32.4. The highest BCUT2D eigenvalue weighted by Crippen LogP contribution is 2.31. The fourth-order valence-corrected chi connectivity index (χ4v) is 4.65. The number of nitrogens with zero attached hydrogens (tertiary/aromatic N) is 2. The maximum absolute atomic E-state index is 13.2. The molecule has 2 aromatic carbocycles. The van der Waals surface area contributed by atoms with Crippen LogP contribution in [0.3, 0.4) is 0 Å². The third-order valence-corrected chi connectivity index (χ3v) is 6.52. The van der Waals surface area contributed by atoms with Crippen LogP contribution in [0.2, 0.25) is 5.02 Å². The molecule has 0 atom stereocenters. The van der Waals surface area contributed by atoms with Crippen molar-refractivity contribution in [3.05, 3.63) is 64.7 Å². The van der Waals surface area contributed by atoms with Crippen molar-refractivity contribution in [2.45, 2.75) is 45.1 Å². The summed E-state index contributed by atoms with van der Waals surface area (Å²) in [6.07, 6.45) is 5.50. The number of rotatable bonds is 5. The monoisotopic (exact) mass is 450 g/mol. The number of aromatic nitrogens is 1. The summed E-state index contributed by atoms with van der Waals surface area (Å²) in [7, 11) is 1.80. The molecule has 0 bridgehead atoms. The van der Waals surface area contributed by atoms with Crippen LogP contribution in [0.5, 0.6) is 0 Å². The number of para-hydroxylation sites is 1. The van der Waals surface area contributed by atoms with Crippen LogP contribution in [0.25, 0.3) is 22.2 Å². The fourth-order valence-electron chi connectivity index (χ4n) is 4.46. The van der Waals surface area contributed by atoms with Crippen molar-refractivity contribution in [1.82, 2.24) is 9.88 Å². The molecular formula is C26H27ClN2O3. The number of halogens is 1. The van der Waals surface area contributed by atoms with Crippen LogP contribution < -0.4 is 0 Å². The molecule has 1 aliphatic carbocycles. The van der Waals surface area contributed by atoms with E-state index in [1.165, 1.54) is 6.42 Å². The van der Waals surface area contributed by atoms with Gasteiger partial charge in [0.05, 0.1) is 16.8 Å². The van der Waals surface area contributed by atoms with Crippen LogP contribution in [0.15, 0.2) is 48.5 Å². The van der Waals surface area contributed by atoms with Crippen molar-refractivity contribution < 1.29 is 14.3 Å². The summed E-state index contributed by atoms with van der Waals surface area (Å²) in [5, 5.41) is 1.30. The lowest BCUT2D eigenvalue weighted by molar-refractivity contribution is -0.135. The molecule has 1 aliphatic rings. The molecule has 1 saturated carbocycles. The maximum Gasteiger partial charge on any atom is 0.339 e. The largest absolute Gasteiger partial charge is 0.452 e. The lowest BCUT2D eigenvalue weighted by Crippen LogP contribution is -2.40. The number of likely N-dealkylation sites (N-methyl/N-ethyl adjacent to an activating group) is 1. The number of carbonyl (C=O) groups excluding carboxylic acids is 2. The number of amides is 1. The van der Waals surface area contributed by atoms with Crippen molar-refractivity contribution in [3.8, 4) is 11.3 Å². The van der Waals surface area contributed by atoms with E-state index in [9.17, 15) is 9.59 Å². The number of hydrogen-bond acceptors (Lipinski definition) is 4. The maximum atomic E-state index is 13.2. The van der Waals surface area contributed by atoms with Gasteiger partial charge in [-0.15, -0.1) is 0 Å². The summed E-state index contributed by atoms with van der Waals surface area (Å²) < 4.78 is 5.52. The Morgan fingerprint density at radius 2 is 1.84 bits per heavy atom. The minimum atomic E-state index is -0.519. The first-order valence-corrected chi connectivity index (χ1v) is 11.4. The molecule has 0 aliphatic heterocycles. The smallest absolute Gasteiger partial charge is 0.339 e. The van der Waals surface area contributed by atoms with Crippen LogP contribution >= 0.6 is 11.6 Å². The molecule has 1 aromatic heterocycles. The second kappa shape index (κ2) is 9.70. The van der Waals surface area contributed by atoms with Crippen molar-refractivity contribution in [1.29, 1.82) is 0 Å². The van der Waals surface area contributed by atoms with E-state index in [1.54, 1.807) is 18.0 Å². The van der Waals surface area contributed by atoms with E-state index in [0.717, 1.165) is 31.2 Å². The fraction of sp³-hybridized carbons (Fsp3) is 0.346. The molecule has 0 spiro atoms. The van der Waals surface area contributed by atoms with Crippen LogP contribution in [0, 0.1) is 6.92 Å². The Balaban J connectivity index is 1.62. The van der Waals surface area contributed by atoms with Gasteiger partial charge in [-0.1, -0.05) is 61.2 Å². The Hall–Kier alpha value is -2.92. The molecular weight excluding hydrogens is 424 g/mol. The zero-order chi connectivity index (χ0) is 22.7. The third kappa shape index (κ3) is 4.63. The zero-order valence-corrected chi connectivity index (χ0v) is 19.2. The van der Waals surface area contributed by atoms with Crippen LogP contribution in [-0.4, -0.2) is 41.5 Å². The van der Waals surface area contributed by atoms with Gasteiger partial charge in [0.25, 0.3) is 5.91 Å². The molecule has 1 fully saturated rings. The highest BCUT2D eigenvalue weighted by atomic mass is 35.5. The molecule has 0 saturated heterocycles. The summed E-state index contributed by atoms with van der Waals surface area (Å²) in [6.45, 7) is 1.58. The molecule has 4 rings (SSSR count). The van der Waals surface area contributed by atoms with Gasteiger partial charge in [-0.3, -0.25) is 4.79 Å². The highest BCUT2D eigenvalue weighted by molar-refractivity contribution is 6.30. The van der Waals surface area contributed by atoms with E-state index in [0.29, 0.717) is 32.7 Å². The first kappa shape index (κ1) is 22.3. The Kier molecular flexibility index (Phi) is 6.75. The molecule has 0 radical (unpaired) electrons. The highest BCUT2D eigenvalue weighted by Gasteiger charge is 2.25. The Morgan fingerprint density at radius 3 is 2.59 bits per heavy atom. The number of carbonyl (C=O) groups is 2. The van der Waals surface area contributed by atoms with Crippen LogP contribution in [0.4, 0.5) is 0 Å². The van der Waals surface area contributed by atoms with Crippen molar-refractivity contribution in [2.24, 2.45) is 0 Å². The van der Waals surface area contributed by atoms with Crippen LogP contribution in [0.1, 0.15) is 48.0 Å². The van der Waals surface area contributed by atoms with Gasteiger partial charge in [-0.05, 0) is 43.5 Å². The predicted octanol–water partition coefficient (Wildman–Crippen LogP) is 5.81. The standard InChI is InChI=1S/C26H27ClN2O3/c1-17-24(26(31)32-16-23(30)29(2)20-11-4-3-5-12-20)21-13-6-7-14-22(21)28-25(17)18-9-8-10-19(27)15-18/h6-10,13-15,20H,3-5,11-12,16H2,1-2H3. The number of pyridine rings is 1. The van der Waals surface area contributed by atoms with Crippen molar-refractivity contribution >= 4 is 34.4 Å².